The van der Waals surface area contributed by atoms with Gasteiger partial charge in [-0.05, 0) is 81.8 Å². The first-order valence-corrected chi connectivity index (χ1v) is 13.0. The Morgan fingerprint density at radius 1 is 1.03 bits per heavy atom. The van der Waals surface area contributed by atoms with Crippen LogP contribution in [0.4, 0.5) is 5.69 Å². The van der Waals surface area contributed by atoms with Crippen molar-refractivity contribution in [2.75, 3.05) is 18.0 Å². The van der Waals surface area contributed by atoms with E-state index in [1.165, 1.54) is 5.56 Å². The SMILES string of the molecule is Cc1cc(C)c(S(=O)(=O)N2CCC(C(=O)N3c4ccc(Br)cc4C[C@H]3C)CC2)c(C)c1. The van der Waals surface area contributed by atoms with Crippen molar-refractivity contribution in [1.29, 1.82) is 0 Å². The fourth-order valence-electron chi connectivity index (χ4n) is 5.18. The molecule has 1 fully saturated rings. The van der Waals surface area contributed by atoms with Gasteiger partial charge in [-0.2, -0.15) is 4.31 Å². The largest absolute Gasteiger partial charge is 0.309 e. The Kier molecular flexibility index (Phi) is 6.05. The molecule has 0 aliphatic carbocycles. The highest BCUT2D eigenvalue weighted by Gasteiger charge is 2.38. The minimum atomic E-state index is -3.57. The smallest absolute Gasteiger partial charge is 0.243 e. The average Bonchev–Trinajstić information content (AvgIpc) is 3.01. The Bertz CT molecular complexity index is 1110. The highest BCUT2D eigenvalue weighted by molar-refractivity contribution is 9.10. The fourth-order valence-corrected chi connectivity index (χ4v) is 7.47. The first kappa shape index (κ1) is 22.5. The topological polar surface area (TPSA) is 57.7 Å². The number of rotatable bonds is 3. The van der Waals surface area contributed by atoms with E-state index in [0.717, 1.165) is 33.3 Å². The first-order chi connectivity index (χ1) is 14.6. The van der Waals surface area contributed by atoms with E-state index in [4.69, 9.17) is 0 Å². The van der Waals surface area contributed by atoms with Crippen molar-refractivity contribution in [3.63, 3.8) is 0 Å². The van der Waals surface area contributed by atoms with Crippen LogP contribution in [0.1, 0.15) is 42.0 Å². The molecule has 0 N–H and O–H groups in total. The van der Waals surface area contributed by atoms with Crippen molar-refractivity contribution in [3.8, 4) is 0 Å². The summed E-state index contributed by atoms with van der Waals surface area (Å²) in [4.78, 5) is 15.7. The number of hydrogen-bond acceptors (Lipinski definition) is 3. The van der Waals surface area contributed by atoms with Gasteiger partial charge in [-0.1, -0.05) is 33.6 Å². The third-order valence-corrected chi connectivity index (χ3v) is 9.20. The second kappa shape index (κ2) is 8.34. The van der Waals surface area contributed by atoms with E-state index in [9.17, 15) is 13.2 Å². The van der Waals surface area contributed by atoms with Crippen LogP contribution in [0.2, 0.25) is 0 Å². The molecule has 2 aliphatic heterocycles. The molecule has 1 atom stereocenters. The van der Waals surface area contributed by atoms with Gasteiger partial charge in [0, 0.05) is 35.2 Å². The lowest BCUT2D eigenvalue weighted by atomic mass is 9.96. The summed E-state index contributed by atoms with van der Waals surface area (Å²) in [5, 5.41) is 0. The van der Waals surface area contributed by atoms with Crippen LogP contribution in [0.15, 0.2) is 39.7 Å². The molecule has 0 radical (unpaired) electrons. The maximum atomic E-state index is 13.4. The van der Waals surface area contributed by atoms with Crippen LogP contribution in [0, 0.1) is 26.7 Å². The van der Waals surface area contributed by atoms with Crippen LogP contribution in [-0.4, -0.2) is 37.8 Å². The van der Waals surface area contributed by atoms with Crippen LogP contribution in [0.25, 0.3) is 0 Å². The highest BCUT2D eigenvalue weighted by Crippen LogP contribution is 2.37. The van der Waals surface area contributed by atoms with Gasteiger partial charge < -0.3 is 4.90 Å². The predicted molar refractivity (Wildman–Crippen MR) is 127 cm³/mol. The lowest BCUT2D eigenvalue weighted by molar-refractivity contribution is -0.123. The standard InChI is InChI=1S/C24H29BrN2O3S/c1-15-11-16(2)23(17(3)12-15)31(29,30)26-9-7-19(8-10-26)24(28)27-18(4)13-20-14-21(25)5-6-22(20)27/h5-6,11-12,14,18-19H,7-10,13H2,1-4H3/t18-/m1/s1. The molecule has 31 heavy (non-hydrogen) atoms. The number of halogens is 1. The third-order valence-electron chi connectivity index (χ3n) is 6.50. The number of piperidine rings is 1. The van der Waals surface area contributed by atoms with Crippen molar-refractivity contribution in [3.05, 3.63) is 57.1 Å². The van der Waals surface area contributed by atoms with E-state index < -0.39 is 10.0 Å². The van der Waals surface area contributed by atoms with Gasteiger partial charge in [0.05, 0.1) is 4.90 Å². The average molecular weight is 505 g/mol. The van der Waals surface area contributed by atoms with Gasteiger partial charge in [0.15, 0.2) is 0 Å². The normalized spacial score (nSPS) is 20.2. The van der Waals surface area contributed by atoms with Gasteiger partial charge in [0.1, 0.15) is 0 Å². The lowest BCUT2D eigenvalue weighted by Crippen LogP contribution is -2.46. The summed E-state index contributed by atoms with van der Waals surface area (Å²) >= 11 is 3.51. The minimum absolute atomic E-state index is 0.119. The molecule has 166 valence electrons. The highest BCUT2D eigenvalue weighted by atomic mass is 79.9. The Morgan fingerprint density at radius 2 is 1.65 bits per heavy atom. The molecule has 0 saturated carbocycles. The minimum Gasteiger partial charge on any atom is -0.309 e. The van der Waals surface area contributed by atoms with Crippen molar-refractivity contribution in [1.82, 2.24) is 4.31 Å². The Labute approximate surface area is 193 Å². The second-order valence-electron chi connectivity index (χ2n) is 8.94. The number of sulfonamides is 1. The number of anilines is 1. The van der Waals surface area contributed by atoms with Gasteiger partial charge in [0.25, 0.3) is 0 Å². The number of amides is 1. The zero-order valence-electron chi connectivity index (χ0n) is 18.5. The van der Waals surface area contributed by atoms with E-state index in [0.29, 0.717) is 30.8 Å². The van der Waals surface area contributed by atoms with Gasteiger partial charge in [0.2, 0.25) is 15.9 Å². The molecule has 1 amide bonds. The van der Waals surface area contributed by atoms with E-state index in [1.54, 1.807) is 4.31 Å². The van der Waals surface area contributed by atoms with Crippen molar-refractivity contribution in [2.45, 2.75) is 57.9 Å². The molecule has 7 heteroatoms. The summed E-state index contributed by atoms with van der Waals surface area (Å²) in [6.07, 6.45) is 1.95. The number of benzene rings is 2. The van der Waals surface area contributed by atoms with E-state index >= 15 is 0 Å². The molecule has 0 spiro atoms. The number of aryl methyl sites for hydroxylation is 3. The number of nitrogens with zero attached hydrogens (tertiary/aromatic N) is 2. The molecule has 2 aromatic carbocycles. The zero-order chi connectivity index (χ0) is 22.5. The lowest BCUT2D eigenvalue weighted by Gasteiger charge is -2.34. The van der Waals surface area contributed by atoms with Crippen molar-refractivity contribution in [2.24, 2.45) is 5.92 Å². The molecule has 5 nitrogen and oxygen atoms in total. The molecule has 1 saturated heterocycles. The molecule has 0 aromatic heterocycles. The Balaban J connectivity index is 1.50. The summed E-state index contributed by atoms with van der Waals surface area (Å²) in [5.74, 6) is -0.0305. The van der Waals surface area contributed by atoms with Crippen molar-refractivity contribution < 1.29 is 13.2 Å². The monoisotopic (exact) mass is 504 g/mol. The number of carbonyl (C=O) groups is 1. The van der Waals surface area contributed by atoms with E-state index in [2.05, 4.69) is 28.9 Å². The summed E-state index contributed by atoms with van der Waals surface area (Å²) < 4.78 is 29.3. The molecular weight excluding hydrogens is 476 g/mol. The molecule has 2 aliphatic rings. The summed E-state index contributed by atoms with van der Waals surface area (Å²) in [5.41, 5.74) is 4.79. The zero-order valence-corrected chi connectivity index (χ0v) is 20.9. The van der Waals surface area contributed by atoms with Gasteiger partial charge in [-0.3, -0.25) is 4.79 Å². The number of carbonyl (C=O) groups excluding carboxylic acids is 1. The van der Waals surface area contributed by atoms with Crippen LogP contribution in [0.3, 0.4) is 0 Å². The van der Waals surface area contributed by atoms with Crippen molar-refractivity contribution >= 4 is 37.5 Å². The van der Waals surface area contributed by atoms with Crippen LogP contribution >= 0.6 is 15.9 Å². The maximum absolute atomic E-state index is 13.4. The predicted octanol–water partition coefficient (Wildman–Crippen LogP) is 4.75. The Morgan fingerprint density at radius 3 is 2.26 bits per heavy atom. The molecule has 0 bridgehead atoms. The van der Waals surface area contributed by atoms with Crippen LogP contribution < -0.4 is 4.90 Å². The molecular formula is C24H29BrN2O3S. The number of hydrogen-bond donors (Lipinski definition) is 0. The first-order valence-electron chi connectivity index (χ1n) is 10.8. The van der Waals surface area contributed by atoms with Gasteiger partial charge in [-0.25, -0.2) is 8.42 Å². The molecule has 4 rings (SSSR count). The third kappa shape index (κ3) is 4.08. The molecule has 0 unspecified atom stereocenters. The van der Waals surface area contributed by atoms with Crippen LogP contribution in [0.5, 0.6) is 0 Å². The van der Waals surface area contributed by atoms with E-state index in [1.807, 2.05) is 49.9 Å². The van der Waals surface area contributed by atoms with Crippen LogP contribution in [-0.2, 0) is 21.2 Å². The molecule has 2 heterocycles. The number of fused-ring (bicyclic) bond motifs is 1. The summed E-state index contributed by atoms with van der Waals surface area (Å²) in [6, 6.07) is 10.0. The van der Waals surface area contributed by atoms with Gasteiger partial charge >= 0.3 is 0 Å². The second-order valence-corrected chi connectivity index (χ2v) is 11.7. The summed E-state index contributed by atoms with van der Waals surface area (Å²) in [7, 11) is -3.57. The van der Waals surface area contributed by atoms with E-state index in [-0.39, 0.29) is 17.9 Å². The van der Waals surface area contributed by atoms with Gasteiger partial charge in [-0.15, -0.1) is 0 Å². The fraction of sp³-hybridized carbons (Fsp3) is 0.458. The quantitative estimate of drug-likeness (QED) is 0.605. The Hall–Kier alpha value is -1.70. The molecule has 2 aromatic rings. The summed E-state index contributed by atoms with van der Waals surface area (Å²) in [6.45, 7) is 8.52. The maximum Gasteiger partial charge on any atom is 0.243 e.